The van der Waals surface area contributed by atoms with Gasteiger partial charge in [-0.1, -0.05) is 44.6 Å². The number of carbonyl (C=O) groups is 2. The summed E-state index contributed by atoms with van der Waals surface area (Å²) in [6.45, 7) is 7.90. The molecule has 0 fully saturated rings. The summed E-state index contributed by atoms with van der Waals surface area (Å²) in [5.41, 5.74) is 12.3. The van der Waals surface area contributed by atoms with Crippen LogP contribution in [0.25, 0.3) is 0 Å². The van der Waals surface area contributed by atoms with Crippen LogP contribution >= 0.6 is 0 Å². The highest BCUT2D eigenvalue weighted by atomic mass is 16.6. The van der Waals surface area contributed by atoms with Crippen LogP contribution in [0.4, 0.5) is 16.2 Å². The number of nitrogens with one attached hydrogen (secondary N) is 1. The number of fused-ring (bicyclic) bond motifs is 2. The molecule has 274 valence electrons. The third-order valence-electron chi connectivity index (χ3n) is 8.71. The smallest absolute Gasteiger partial charge is 0.405 e. The van der Waals surface area contributed by atoms with E-state index in [1.807, 2.05) is 19.9 Å². The summed E-state index contributed by atoms with van der Waals surface area (Å²) < 4.78 is 29.0. The first-order chi connectivity index (χ1) is 23.3. The average Bonchev–Trinajstić information content (AvgIpc) is 3.06. The maximum absolute atomic E-state index is 13.3. The van der Waals surface area contributed by atoms with Gasteiger partial charge in [0.05, 0.1) is 29.6 Å². The Kier molecular flexibility index (Phi) is 17.5. The number of aromatic hydroxyl groups is 2. The zero-order chi connectivity index (χ0) is 36.7. The molecule has 2 rings (SSSR count). The second kappa shape index (κ2) is 20.7. The van der Waals surface area contributed by atoms with Crippen molar-refractivity contribution in [3.63, 3.8) is 0 Å². The van der Waals surface area contributed by atoms with E-state index in [4.69, 9.17) is 35.2 Å². The van der Waals surface area contributed by atoms with Crippen molar-refractivity contribution in [2.75, 3.05) is 40.3 Å². The van der Waals surface area contributed by atoms with Gasteiger partial charge >= 0.3 is 6.09 Å². The number of ether oxygens (including phenoxy) is 5. The van der Waals surface area contributed by atoms with E-state index in [1.54, 1.807) is 52.5 Å². The van der Waals surface area contributed by atoms with E-state index in [9.17, 15) is 19.8 Å². The molecule has 49 heavy (non-hydrogen) atoms. The van der Waals surface area contributed by atoms with E-state index >= 15 is 0 Å². The van der Waals surface area contributed by atoms with Crippen molar-refractivity contribution < 1.29 is 43.5 Å². The van der Waals surface area contributed by atoms with Crippen LogP contribution in [0.3, 0.4) is 0 Å². The topological polar surface area (TPSA) is 197 Å². The number of anilines is 1. The number of aliphatic imine (C=N–C) groups is 1. The van der Waals surface area contributed by atoms with Crippen LogP contribution in [0.2, 0.25) is 0 Å². The molecule has 7 N–H and O–H groups in total. The molecule has 1 aromatic rings. The molecule has 0 saturated heterocycles. The number of benzene rings is 1. The van der Waals surface area contributed by atoms with Crippen molar-refractivity contribution in [1.29, 1.82) is 0 Å². The number of amides is 2. The first-order valence-corrected chi connectivity index (χ1v) is 16.6. The van der Waals surface area contributed by atoms with Crippen LogP contribution in [0.5, 0.6) is 11.5 Å². The Bertz CT molecular complexity index is 1360. The molecule has 0 aromatic heterocycles. The predicted octanol–water partition coefficient (Wildman–Crippen LogP) is 5.58. The Balaban J connectivity index is 2.78. The molecular weight excluding hydrogens is 632 g/mol. The summed E-state index contributed by atoms with van der Waals surface area (Å²) in [5, 5.41) is 25.6. The number of phenolic OH excluding ortho intramolecular Hbond substituents is 2. The molecule has 0 saturated carbocycles. The van der Waals surface area contributed by atoms with E-state index in [0.29, 0.717) is 25.0 Å². The van der Waals surface area contributed by atoms with Crippen molar-refractivity contribution in [3.8, 4) is 11.5 Å². The van der Waals surface area contributed by atoms with Gasteiger partial charge in [0, 0.05) is 52.2 Å². The molecule has 2 amide bonds. The van der Waals surface area contributed by atoms with Crippen molar-refractivity contribution in [3.05, 3.63) is 47.1 Å². The number of rotatable bonds is 11. The summed E-state index contributed by atoms with van der Waals surface area (Å²) in [7, 11) is 6.15. The molecular formula is C36H56N4O9. The van der Waals surface area contributed by atoms with Crippen LogP contribution in [0, 0.1) is 11.8 Å². The minimum Gasteiger partial charge on any atom is -0.506 e. The third kappa shape index (κ3) is 11.7. The number of hydrogen-bond acceptors (Lipinski definition) is 11. The number of allylic oxidation sites excluding steroid dienone is 2. The molecule has 1 heterocycles. The highest BCUT2D eigenvalue weighted by Gasteiger charge is 2.35. The number of unbranched alkanes of at least 4 members (excludes halogenated alkanes) is 3. The first-order valence-electron chi connectivity index (χ1n) is 16.6. The van der Waals surface area contributed by atoms with Gasteiger partial charge in [-0.3, -0.25) is 9.79 Å². The summed E-state index contributed by atoms with van der Waals surface area (Å²) >= 11 is 0. The normalized spacial score (nSPS) is 25.9. The van der Waals surface area contributed by atoms with Gasteiger partial charge < -0.3 is 50.7 Å². The fraction of sp³-hybridized carbons (Fsp3) is 0.583. The van der Waals surface area contributed by atoms with Gasteiger partial charge in [0.2, 0.25) is 0 Å². The number of methoxy groups -OCH3 is 4. The quantitative estimate of drug-likeness (QED) is 0.0643. The molecule has 1 aliphatic heterocycles. The van der Waals surface area contributed by atoms with Crippen LogP contribution < -0.4 is 16.8 Å². The highest BCUT2D eigenvalue weighted by Crippen LogP contribution is 2.49. The van der Waals surface area contributed by atoms with E-state index < -0.39 is 42.5 Å². The maximum atomic E-state index is 13.3. The van der Waals surface area contributed by atoms with Gasteiger partial charge in [-0.2, -0.15) is 0 Å². The lowest BCUT2D eigenvalue weighted by molar-refractivity contribution is -0.112. The summed E-state index contributed by atoms with van der Waals surface area (Å²) in [6, 6.07) is 1.27. The van der Waals surface area contributed by atoms with Crippen molar-refractivity contribution in [2.24, 2.45) is 28.3 Å². The zero-order valence-electron chi connectivity index (χ0n) is 30.1. The number of phenols is 2. The first kappa shape index (κ1) is 41.4. The van der Waals surface area contributed by atoms with E-state index in [0.717, 1.165) is 19.3 Å². The molecule has 1 aliphatic rings. The van der Waals surface area contributed by atoms with Gasteiger partial charge in [-0.15, -0.1) is 0 Å². The fourth-order valence-electron chi connectivity index (χ4n) is 6.13. The van der Waals surface area contributed by atoms with Crippen LogP contribution in [-0.2, 0) is 28.5 Å². The Morgan fingerprint density at radius 1 is 1.04 bits per heavy atom. The minimum atomic E-state index is -0.969. The second-order valence-electron chi connectivity index (χ2n) is 12.4. The van der Waals surface area contributed by atoms with Gasteiger partial charge in [0.25, 0.3) is 5.91 Å². The lowest BCUT2D eigenvalue weighted by atomic mass is 9.85. The van der Waals surface area contributed by atoms with Gasteiger partial charge in [0.15, 0.2) is 6.10 Å². The van der Waals surface area contributed by atoms with Crippen molar-refractivity contribution >= 4 is 29.6 Å². The van der Waals surface area contributed by atoms with Crippen molar-refractivity contribution in [2.45, 2.75) is 90.3 Å². The van der Waals surface area contributed by atoms with Gasteiger partial charge in [0.1, 0.15) is 23.3 Å². The molecule has 7 unspecified atom stereocenters. The fourth-order valence-corrected chi connectivity index (χ4v) is 6.13. The van der Waals surface area contributed by atoms with Crippen molar-refractivity contribution in [1.82, 2.24) is 0 Å². The van der Waals surface area contributed by atoms with Crippen LogP contribution in [0.15, 0.2) is 46.5 Å². The highest BCUT2D eigenvalue weighted by molar-refractivity contribution is 6.05. The number of hydrogen-bond donors (Lipinski definition) is 5. The van der Waals surface area contributed by atoms with E-state index in [1.165, 1.54) is 20.3 Å². The van der Waals surface area contributed by atoms with Crippen LogP contribution in [-0.4, -0.2) is 87.8 Å². The third-order valence-corrected chi connectivity index (χ3v) is 8.71. The molecule has 13 nitrogen and oxygen atoms in total. The summed E-state index contributed by atoms with van der Waals surface area (Å²) in [6.07, 6.45) is 7.84. The molecule has 1 aromatic carbocycles. The largest absolute Gasteiger partial charge is 0.506 e. The summed E-state index contributed by atoms with van der Waals surface area (Å²) in [4.78, 5) is 29.8. The number of carbonyl (C=O) groups excluding carboxylic acids is 2. The number of primary amides is 1. The van der Waals surface area contributed by atoms with Gasteiger partial charge in [-0.05, 0) is 57.6 Å². The molecule has 0 aliphatic carbocycles. The summed E-state index contributed by atoms with van der Waals surface area (Å²) in [5.74, 6) is -1.62. The van der Waals surface area contributed by atoms with E-state index in [-0.39, 0.29) is 45.8 Å². The SMILES string of the molecule is COC1C=CC=C(C)C(=O)Nc2cc(O)c(N=CCCCCCN)c(c2O)C(OC)C(C)CC(OC)C(OC)C(C)C=C(C)C1OC(N)=O. The molecule has 0 spiro atoms. The average molecular weight is 689 g/mol. The lowest BCUT2D eigenvalue weighted by Gasteiger charge is -2.34. The minimum absolute atomic E-state index is 0.0144. The standard InChI is InChI=1S/C36H56N4O9/c1-21-14-13-15-27(45-5)33(49-36(38)44)23(3)18-22(2)32(47-7)28(46-6)19-24(4)34(48-8)29-30(39-17-12-10-9-11-16-37)26(41)20-25(31(29)42)40-35(21)43/h13-15,17-18,20,22,24,27-28,32-34,41-42H,9-12,16,19,37H2,1-8H3,(H2,38,44)(H,40,43). The zero-order valence-corrected chi connectivity index (χ0v) is 30.1. The Hall–Kier alpha value is -3.75. The van der Waals surface area contributed by atoms with Crippen LogP contribution in [0.1, 0.15) is 71.5 Å². The molecule has 0 radical (unpaired) electrons. The number of nitrogens with zero attached hydrogens (tertiary/aromatic N) is 1. The van der Waals surface area contributed by atoms with Gasteiger partial charge in [-0.25, -0.2) is 4.79 Å². The molecule has 13 heteroatoms. The Labute approximate surface area is 290 Å². The molecule has 7 atom stereocenters. The second-order valence-corrected chi connectivity index (χ2v) is 12.4. The maximum Gasteiger partial charge on any atom is 0.405 e. The Morgan fingerprint density at radius 3 is 2.35 bits per heavy atom. The Morgan fingerprint density at radius 2 is 1.76 bits per heavy atom. The monoisotopic (exact) mass is 688 g/mol. The lowest BCUT2D eigenvalue weighted by Crippen LogP contribution is -2.38. The molecule has 2 bridgehead atoms. The predicted molar refractivity (Wildman–Crippen MR) is 190 cm³/mol. The number of nitrogens with two attached hydrogens (primary N) is 2. The van der Waals surface area contributed by atoms with E-state index in [2.05, 4.69) is 10.3 Å².